The molecule has 0 aliphatic heterocycles. The third-order valence-corrected chi connectivity index (χ3v) is 2.96. The standard InChI is InChI=1S/C13H9ClN2/c14-9-4-5-11-12(15)8-10-3-1-2-6-16(10)13(11)7-9/h1-8,15H/p+1. The van der Waals surface area contributed by atoms with Gasteiger partial charge in [0.2, 0.25) is 11.0 Å². The van der Waals surface area contributed by atoms with Crippen LogP contribution >= 0.6 is 11.6 Å². The molecule has 16 heavy (non-hydrogen) atoms. The molecule has 0 bridgehead atoms. The van der Waals surface area contributed by atoms with E-state index in [0.717, 1.165) is 27.1 Å². The highest BCUT2D eigenvalue weighted by atomic mass is 35.5. The van der Waals surface area contributed by atoms with E-state index in [0.29, 0.717) is 0 Å². The Morgan fingerprint density at radius 2 is 1.94 bits per heavy atom. The number of pyridine rings is 2. The zero-order chi connectivity index (χ0) is 11.1. The van der Waals surface area contributed by atoms with Gasteiger partial charge in [-0.15, -0.1) is 0 Å². The Kier molecular flexibility index (Phi) is 1.98. The lowest BCUT2D eigenvalue weighted by Crippen LogP contribution is -2.22. The Hall–Kier alpha value is -1.80. The van der Waals surface area contributed by atoms with Crippen LogP contribution in [-0.2, 0) is 0 Å². The monoisotopic (exact) mass is 229 g/mol. The first kappa shape index (κ1) is 9.43. The van der Waals surface area contributed by atoms with Gasteiger partial charge in [-0.05, 0) is 18.2 Å². The third-order valence-electron chi connectivity index (χ3n) is 2.73. The second kappa shape index (κ2) is 3.35. The maximum Gasteiger partial charge on any atom is 0.221 e. The van der Waals surface area contributed by atoms with Crippen LogP contribution in [0.25, 0.3) is 16.4 Å². The molecule has 0 fully saturated rings. The van der Waals surface area contributed by atoms with Crippen LogP contribution in [0.4, 0.5) is 5.69 Å². The molecule has 1 aromatic carbocycles. The van der Waals surface area contributed by atoms with Gasteiger partial charge in [0.25, 0.3) is 0 Å². The van der Waals surface area contributed by atoms with E-state index in [1.165, 1.54) is 0 Å². The largest absolute Gasteiger partial charge is 0.398 e. The summed E-state index contributed by atoms with van der Waals surface area (Å²) in [5.41, 5.74) is 8.89. The van der Waals surface area contributed by atoms with Crippen molar-refractivity contribution in [2.75, 3.05) is 5.73 Å². The number of hydrogen-bond donors (Lipinski definition) is 1. The molecule has 0 atom stereocenters. The van der Waals surface area contributed by atoms with E-state index >= 15 is 0 Å². The predicted molar refractivity (Wildman–Crippen MR) is 66.5 cm³/mol. The summed E-state index contributed by atoms with van der Waals surface area (Å²) in [5.74, 6) is 0. The fourth-order valence-corrected chi connectivity index (χ4v) is 2.14. The number of nitrogens with two attached hydrogens (primary N) is 1. The average Bonchev–Trinajstić information content (AvgIpc) is 2.29. The second-order valence-corrected chi connectivity index (χ2v) is 4.19. The normalized spacial score (nSPS) is 11.1. The van der Waals surface area contributed by atoms with Crippen molar-refractivity contribution in [2.45, 2.75) is 0 Å². The number of anilines is 1. The summed E-state index contributed by atoms with van der Waals surface area (Å²) in [5, 5.41) is 1.74. The van der Waals surface area contributed by atoms with Crippen LogP contribution in [0.5, 0.6) is 0 Å². The molecule has 0 saturated heterocycles. The summed E-state index contributed by atoms with van der Waals surface area (Å²) >= 11 is 6.02. The van der Waals surface area contributed by atoms with Gasteiger partial charge in [-0.3, -0.25) is 0 Å². The minimum Gasteiger partial charge on any atom is -0.398 e. The van der Waals surface area contributed by atoms with E-state index in [2.05, 4.69) is 4.40 Å². The zero-order valence-corrected chi connectivity index (χ0v) is 9.28. The molecule has 3 rings (SSSR count). The van der Waals surface area contributed by atoms with Crippen molar-refractivity contribution in [3.63, 3.8) is 0 Å². The lowest BCUT2D eigenvalue weighted by molar-refractivity contribution is -0.481. The van der Waals surface area contributed by atoms with Gasteiger partial charge in [0.05, 0.1) is 11.1 Å². The van der Waals surface area contributed by atoms with Crippen molar-refractivity contribution in [1.82, 2.24) is 0 Å². The molecule has 0 aliphatic carbocycles. The Labute approximate surface area is 97.9 Å². The van der Waals surface area contributed by atoms with E-state index in [-0.39, 0.29) is 0 Å². The van der Waals surface area contributed by atoms with Crippen LogP contribution in [0.1, 0.15) is 0 Å². The van der Waals surface area contributed by atoms with E-state index in [1.54, 1.807) is 0 Å². The van der Waals surface area contributed by atoms with Crippen molar-refractivity contribution >= 4 is 33.7 Å². The Balaban J connectivity index is 2.61. The predicted octanol–water partition coefficient (Wildman–Crippen LogP) is 2.81. The average molecular weight is 230 g/mol. The molecule has 0 radical (unpaired) electrons. The van der Waals surface area contributed by atoms with Gasteiger partial charge < -0.3 is 5.73 Å². The zero-order valence-electron chi connectivity index (χ0n) is 8.52. The summed E-state index contributed by atoms with van der Waals surface area (Å²) in [7, 11) is 0. The maximum absolute atomic E-state index is 6.02. The molecule has 0 aliphatic rings. The second-order valence-electron chi connectivity index (χ2n) is 3.76. The Morgan fingerprint density at radius 3 is 2.81 bits per heavy atom. The highest BCUT2D eigenvalue weighted by Crippen LogP contribution is 2.22. The minimum absolute atomic E-state index is 0.718. The Morgan fingerprint density at radius 1 is 1.06 bits per heavy atom. The molecule has 2 N–H and O–H groups in total. The maximum atomic E-state index is 6.02. The smallest absolute Gasteiger partial charge is 0.221 e. The van der Waals surface area contributed by atoms with Crippen molar-refractivity contribution in [2.24, 2.45) is 0 Å². The number of fused-ring (bicyclic) bond motifs is 3. The van der Waals surface area contributed by atoms with E-state index in [1.807, 2.05) is 48.7 Å². The van der Waals surface area contributed by atoms with Crippen LogP contribution in [0.15, 0.2) is 48.7 Å². The van der Waals surface area contributed by atoms with Crippen molar-refractivity contribution in [3.8, 4) is 0 Å². The fourth-order valence-electron chi connectivity index (χ4n) is 1.98. The first-order chi connectivity index (χ1) is 7.75. The van der Waals surface area contributed by atoms with Gasteiger partial charge in [0.15, 0.2) is 6.20 Å². The fraction of sp³-hybridized carbons (Fsp3) is 0. The van der Waals surface area contributed by atoms with Gasteiger partial charge in [0, 0.05) is 29.3 Å². The van der Waals surface area contributed by atoms with Gasteiger partial charge in [-0.1, -0.05) is 11.6 Å². The molecule has 0 unspecified atom stereocenters. The van der Waals surface area contributed by atoms with Crippen LogP contribution in [0, 0.1) is 0 Å². The molecule has 2 nitrogen and oxygen atoms in total. The lowest BCUT2D eigenvalue weighted by Gasteiger charge is -2.01. The van der Waals surface area contributed by atoms with Crippen LogP contribution in [0.2, 0.25) is 5.02 Å². The van der Waals surface area contributed by atoms with Gasteiger partial charge in [-0.2, -0.15) is 4.40 Å². The highest BCUT2D eigenvalue weighted by Gasteiger charge is 2.11. The molecule has 0 amide bonds. The molecule has 78 valence electrons. The quantitative estimate of drug-likeness (QED) is 0.466. The van der Waals surface area contributed by atoms with Crippen LogP contribution in [0.3, 0.4) is 0 Å². The Bertz CT molecular complexity index is 692. The van der Waals surface area contributed by atoms with Crippen LogP contribution < -0.4 is 10.1 Å². The summed E-state index contributed by atoms with van der Waals surface area (Å²) in [6.45, 7) is 0. The number of nitrogen functional groups attached to an aromatic ring is 1. The number of aromatic nitrogens is 1. The SMILES string of the molecule is Nc1cc2cccc[n+]2c2cc(Cl)ccc12. The van der Waals surface area contributed by atoms with E-state index in [9.17, 15) is 0 Å². The van der Waals surface area contributed by atoms with Gasteiger partial charge in [0.1, 0.15) is 0 Å². The first-order valence-corrected chi connectivity index (χ1v) is 5.42. The number of rotatable bonds is 0. The van der Waals surface area contributed by atoms with E-state index in [4.69, 9.17) is 17.3 Å². The van der Waals surface area contributed by atoms with Crippen molar-refractivity contribution in [3.05, 3.63) is 53.7 Å². The molecule has 3 heteroatoms. The summed E-state index contributed by atoms with van der Waals surface area (Å²) in [6, 6.07) is 13.7. The third kappa shape index (κ3) is 1.31. The molecule has 2 heterocycles. The number of hydrogen-bond acceptors (Lipinski definition) is 1. The number of nitrogens with zero attached hydrogens (tertiary/aromatic N) is 1. The molecule has 3 aromatic rings. The molecule has 0 saturated carbocycles. The molecular weight excluding hydrogens is 220 g/mol. The van der Waals surface area contributed by atoms with Gasteiger partial charge in [-0.25, -0.2) is 0 Å². The molecule has 2 aromatic heterocycles. The van der Waals surface area contributed by atoms with E-state index < -0.39 is 0 Å². The summed E-state index contributed by atoms with van der Waals surface area (Å²) < 4.78 is 2.08. The topological polar surface area (TPSA) is 30.1 Å². The number of halogens is 1. The minimum atomic E-state index is 0.718. The summed E-state index contributed by atoms with van der Waals surface area (Å²) in [6.07, 6.45) is 2.01. The number of benzene rings is 1. The molecule has 0 spiro atoms. The van der Waals surface area contributed by atoms with Crippen molar-refractivity contribution < 1.29 is 4.40 Å². The highest BCUT2D eigenvalue weighted by molar-refractivity contribution is 6.31. The summed E-state index contributed by atoms with van der Waals surface area (Å²) in [4.78, 5) is 0. The first-order valence-electron chi connectivity index (χ1n) is 5.04. The molecular formula is C13H10ClN2+. The van der Waals surface area contributed by atoms with Gasteiger partial charge >= 0.3 is 0 Å². The van der Waals surface area contributed by atoms with Crippen LogP contribution in [-0.4, -0.2) is 0 Å². The lowest BCUT2D eigenvalue weighted by atomic mass is 10.1. The van der Waals surface area contributed by atoms with Crippen molar-refractivity contribution in [1.29, 1.82) is 0 Å².